The Labute approximate surface area is 138 Å². The van der Waals surface area contributed by atoms with E-state index >= 15 is 0 Å². The number of rotatable bonds is 5. The van der Waals surface area contributed by atoms with E-state index in [0.717, 1.165) is 37.5 Å². The van der Waals surface area contributed by atoms with E-state index in [4.69, 9.17) is 4.74 Å². The molecule has 1 aromatic heterocycles. The molecular weight excluding hydrogens is 286 g/mol. The first-order chi connectivity index (χ1) is 11.1. The Morgan fingerprint density at radius 1 is 1.22 bits per heavy atom. The quantitative estimate of drug-likeness (QED) is 0.921. The molecule has 4 heteroatoms. The molecule has 0 saturated carbocycles. The molecule has 0 amide bonds. The summed E-state index contributed by atoms with van der Waals surface area (Å²) in [6, 6.07) is 12.3. The lowest BCUT2D eigenvalue weighted by molar-refractivity contribution is 0.146. The second kappa shape index (κ2) is 7.11. The van der Waals surface area contributed by atoms with Gasteiger partial charge in [-0.3, -0.25) is 9.88 Å². The van der Waals surface area contributed by atoms with Crippen LogP contribution in [0.2, 0.25) is 0 Å². The molecule has 4 nitrogen and oxygen atoms in total. The fourth-order valence-electron chi connectivity index (χ4n) is 3.04. The lowest BCUT2D eigenvalue weighted by Crippen LogP contribution is -2.56. The maximum absolute atomic E-state index is 6.03. The lowest BCUT2D eigenvalue weighted by Gasteiger charge is -2.39. The van der Waals surface area contributed by atoms with Gasteiger partial charge in [0.15, 0.2) is 0 Å². The van der Waals surface area contributed by atoms with Gasteiger partial charge in [0.2, 0.25) is 0 Å². The lowest BCUT2D eigenvalue weighted by atomic mass is 10.0. The van der Waals surface area contributed by atoms with Gasteiger partial charge >= 0.3 is 0 Å². The van der Waals surface area contributed by atoms with E-state index in [1.165, 1.54) is 5.56 Å². The number of nitrogens with one attached hydrogen (secondary N) is 1. The summed E-state index contributed by atoms with van der Waals surface area (Å²) in [5.74, 6) is 0.965. The fraction of sp³-hybridized carbons (Fsp3) is 0.421. The average Bonchev–Trinajstić information content (AvgIpc) is 2.54. The second-order valence-electron chi connectivity index (χ2n) is 6.78. The van der Waals surface area contributed by atoms with Gasteiger partial charge in [0, 0.05) is 55.2 Å². The van der Waals surface area contributed by atoms with Gasteiger partial charge in [-0.15, -0.1) is 0 Å². The van der Waals surface area contributed by atoms with Gasteiger partial charge in [-0.25, -0.2) is 0 Å². The first kappa shape index (κ1) is 16.0. The number of benzene rings is 1. The number of aromatic nitrogens is 1. The molecule has 0 spiro atoms. The van der Waals surface area contributed by atoms with E-state index < -0.39 is 0 Å². The molecule has 122 valence electrons. The molecule has 0 bridgehead atoms. The van der Waals surface area contributed by atoms with E-state index in [0.29, 0.717) is 6.61 Å². The highest BCUT2D eigenvalue weighted by Crippen LogP contribution is 2.22. The van der Waals surface area contributed by atoms with Crippen molar-refractivity contribution in [2.24, 2.45) is 0 Å². The number of pyridine rings is 1. The molecule has 1 N–H and O–H groups in total. The van der Waals surface area contributed by atoms with Crippen LogP contribution in [0.1, 0.15) is 25.0 Å². The highest BCUT2D eigenvalue weighted by Gasteiger charge is 2.25. The van der Waals surface area contributed by atoms with Gasteiger partial charge in [-0.2, -0.15) is 0 Å². The topological polar surface area (TPSA) is 37.4 Å². The van der Waals surface area contributed by atoms with E-state index in [9.17, 15) is 0 Å². The van der Waals surface area contributed by atoms with Crippen molar-refractivity contribution in [3.63, 3.8) is 0 Å². The number of nitrogens with zero attached hydrogens (tertiary/aromatic N) is 2. The van der Waals surface area contributed by atoms with Crippen LogP contribution in [0.25, 0.3) is 0 Å². The summed E-state index contributed by atoms with van der Waals surface area (Å²) >= 11 is 0. The molecule has 0 aliphatic carbocycles. The predicted octanol–water partition coefficient (Wildman–Crippen LogP) is 2.84. The van der Waals surface area contributed by atoms with Crippen LogP contribution in [-0.2, 0) is 13.2 Å². The molecule has 0 unspecified atom stereocenters. The zero-order valence-corrected chi connectivity index (χ0v) is 14.0. The molecule has 2 aromatic rings. The minimum atomic E-state index is 0.170. The molecule has 2 heterocycles. The summed E-state index contributed by atoms with van der Waals surface area (Å²) in [6.07, 6.45) is 3.63. The van der Waals surface area contributed by atoms with E-state index in [1.807, 2.05) is 24.4 Å². The summed E-state index contributed by atoms with van der Waals surface area (Å²) in [5.41, 5.74) is 2.50. The minimum Gasteiger partial charge on any atom is -0.489 e. The average molecular weight is 311 g/mol. The Kier molecular flexibility index (Phi) is 4.94. The van der Waals surface area contributed by atoms with Crippen molar-refractivity contribution in [3.05, 3.63) is 59.9 Å². The summed E-state index contributed by atoms with van der Waals surface area (Å²) in [7, 11) is 0. The third-order valence-electron chi connectivity index (χ3n) is 4.13. The highest BCUT2D eigenvalue weighted by molar-refractivity contribution is 5.33. The third kappa shape index (κ3) is 4.53. The first-order valence-electron chi connectivity index (χ1n) is 8.19. The van der Waals surface area contributed by atoms with E-state index in [2.05, 4.69) is 47.2 Å². The van der Waals surface area contributed by atoms with Crippen LogP contribution in [0.4, 0.5) is 0 Å². The van der Waals surface area contributed by atoms with Crippen LogP contribution >= 0.6 is 0 Å². The number of piperazine rings is 1. The van der Waals surface area contributed by atoms with Crippen molar-refractivity contribution in [3.8, 4) is 5.75 Å². The van der Waals surface area contributed by atoms with Crippen molar-refractivity contribution in [1.82, 2.24) is 15.2 Å². The summed E-state index contributed by atoms with van der Waals surface area (Å²) < 4.78 is 6.03. The van der Waals surface area contributed by atoms with Crippen LogP contribution in [0.5, 0.6) is 5.75 Å². The Morgan fingerprint density at radius 2 is 2.09 bits per heavy atom. The second-order valence-corrected chi connectivity index (χ2v) is 6.78. The smallest absolute Gasteiger partial charge is 0.124 e. The van der Waals surface area contributed by atoms with Crippen LogP contribution < -0.4 is 10.1 Å². The van der Waals surface area contributed by atoms with Crippen molar-refractivity contribution in [2.45, 2.75) is 32.5 Å². The molecule has 23 heavy (non-hydrogen) atoms. The first-order valence-corrected chi connectivity index (χ1v) is 8.19. The molecule has 1 saturated heterocycles. The van der Waals surface area contributed by atoms with Gasteiger partial charge < -0.3 is 10.1 Å². The molecule has 1 aliphatic heterocycles. The zero-order valence-electron chi connectivity index (χ0n) is 14.0. The summed E-state index contributed by atoms with van der Waals surface area (Å²) in [5, 5.41) is 3.56. The molecule has 1 fully saturated rings. The number of ether oxygens (including phenoxy) is 1. The van der Waals surface area contributed by atoms with Gasteiger partial charge in [0.25, 0.3) is 0 Å². The zero-order chi connectivity index (χ0) is 16.1. The molecule has 3 rings (SSSR count). The Morgan fingerprint density at radius 3 is 2.87 bits per heavy atom. The van der Waals surface area contributed by atoms with Crippen LogP contribution in [0.3, 0.4) is 0 Å². The normalized spacial score (nSPS) is 17.8. The van der Waals surface area contributed by atoms with Crippen LogP contribution in [0.15, 0.2) is 48.8 Å². The maximum atomic E-state index is 6.03. The van der Waals surface area contributed by atoms with E-state index in [1.54, 1.807) is 6.20 Å². The van der Waals surface area contributed by atoms with Crippen molar-refractivity contribution >= 4 is 0 Å². The van der Waals surface area contributed by atoms with Gasteiger partial charge in [-0.1, -0.05) is 24.3 Å². The Hall–Kier alpha value is -1.91. The third-order valence-corrected chi connectivity index (χ3v) is 4.13. The maximum Gasteiger partial charge on any atom is 0.124 e. The summed E-state index contributed by atoms with van der Waals surface area (Å²) in [4.78, 5) is 6.62. The van der Waals surface area contributed by atoms with Gasteiger partial charge in [-0.05, 0) is 26.0 Å². The molecule has 1 aromatic carbocycles. The van der Waals surface area contributed by atoms with Crippen molar-refractivity contribution < 1.29 is 4.74 Å². The Balaban J connectivity index is 1.66. The molecule has 0 atom stereocenters. The summed E-state index contributed by atoms with van der Waals surface area (Å²) in [6.45, 7) is 9.14. The molecular formula is C19H25N3O. The Bertz CT molecular complexity index is 628. The monoisotopic (exact) mass is 311 g/mol. The SMILES string of the molecule is CC1(C)CN(Cc2ccccc2OCc2cccnc2)CCN1. The van der Waals surface area contributed by atoms with Gasteiger partial charge in [0.1, 0.15) is 12.4 Å². The van der Waals surface area contributed by atoms with Crippen molar-refractivity contribution in [2.75, 3.05) is 19.6 Å². The predicted molar refractivity (Wildman–Crippen MR) is 92.4 cm³/mol. The van der Waals surface area contributed by atoms with E-state index in [-0.39, 0.29) is 5.54 Å². The number of para-hydroxylation sites is 1. The largest absolute Gasteiger partial charge is 0.489 e. The van der Waals surface area contributed by atoms with Crippen LogP contribution in [-0.4, -0.2) is 35.1 Å². The highest BCUT2D eigenvalue weighted by atomic mass is 16.5. The minimum absolute atomic E-state index is 0.170. The van der Waals surface area contributed by atoms with Gasteiger partial charge in [0.05, 0.1) is 0 Å². The number of hydrogen-bond donors (Lipinski definition) is 1. The van der Waals surface area contributed by atoms with Crippen molar-refractivity contribution in [1.29, 1.82) is 0 Å². The molecule has 0 radical (unpaired) electrons. The van der Waals surface area contributed by atoms with Crippen LogP contribution in [0, 0.1) is 0 Å². The fourth-order valence-corrected chi connectivity index (χ4v) is 3.04. The standard InChI is InChI=1S/C19H25N3O/c1-19(2)15-22(11-10-21-19)13-17-7-3-4-8-18(17)23-14-16-6-5-9-20-12-16/h3-9,12,21H,10-11,13-15H2,1-2H3. The number of hydrogen-bond acceptors (Lipinski definition) is 4. The molecule has 1 aliphatic rings.